The van der Waals surface area contributed by atoms with Crippen LogP contribution >= 0.6 is 0 Å². The average molecular weight is 169 g/mol. The van der Waals surface area contributed by atoms with Crippen molar-refractivity contribution in [1.29, 1.82) is 0 Å². The molecule has 12 heavy (non-hydrogen) atoms. The summed E-state index contributed by atoms with van der Waals surface area (Å²) in [7, 11) is 0. The molecular formula is C8H8FNO2. The quantitative estimate of drug-likeness (QED) is 0.722. The Labute approximate surface area is 68.9 Å². The highest BCUT2D eigenvalue weighted by Gasteiger charge is 2.07. The van der Waals surface area contributed by atoms with Crippen LogP contribution in [0.5, 0.6) is 0 Å². The van der Waals surface area contributed by atoms with E-state index >= 15 is 0 Å². The molecule has 1 aromatic heterocycles. The Hall–Kier alpha value is -1.45. The van der Waals surface area contributed by atoms with Crippen molar-refractivity contribution in [2.24, 2.45) is 0 Å². The molecule has 1 N–H and O–H groups in total. The molecule has 0 fully saturated rings. The van der Waals surface area contributed by atoms with Gasteiger partial charge >= 0.3 is 5.97 Å². The average Bonchev–Trinajstić information content (AvgIpc) is 1.96. The molecule has 0 aliphatic heterocycles. The lowest BCUT2D eigenvalue weighted by molar-refractivity contribution is -0.136. The van der Waals surface area contributed by atoms with Gasteiger partial charge in [-0.3, -0.25) is 9.78 Å². The maximum absolute atomic E-state index is 12.8. The van der Waals surface area contributed by atoms with Gasteiger partial charge in [-0.05, 0) is 19.1 Å². The van der Waals surface area contributed by atoms with E-state index in [9.17, 15) is 9.18 Å². The van der Waals surface area contributed by atoms with Crippen LogP contribution in [0.4, 0.5) is 4.39 Å². The molecule has 0 aromatic carbocycles. The largest absolute Gasteiger partial charge is 0.481 e. The SMILES string of the molecule is Cc1ccc(F)c(CC(=O)O)n1. The van der Waals surface area contributed by atoms with Gasteiger partial charge in [-0.25, -0.2) is 4.39 Å². The summed E-state index contributed by atoms with van der Waals surface area (Å²) in [5.74, 6) is -1.64. The molecule has 0 aliphatic carbocycles. The van der Waals surface area contributed by atoms with Crippen LogP contribution in [0.2, 0.25) is 0 Å². The van der Waals surface area contributed by atoms with Gasteiger partial charge in [0.2, 0.25) is 0 Å². The highest BCUT2D eigenvalue weighted by molar-refractivity contribution is 5.69. The maximum Gasteiger partial charge on any atom is 0.309 e. The third kappa shape index (κ3) is 2.02. The van der Waals surface area contributed by atoms with E-state index in [1.807, 2.05) is 0 Å². The number of hydrogen-bond donors (Lipinski definition) is 1. The number of carboxylic acids is 1. The van der Waals surface area contributed by atoms with Crippen LogP contribution in [0.25, 0.3) is 0 Å². The topological polar surface area (TPSA) is 50.2 Å². The van der Waals surface area contributed by atoms with Crippen molar-refractivity contribution >= 4 is 5.97 Å². The van der Waals surface area contributed by atoms with Crippen LogP contribution in [-0.4, -0.2) is 16.1 Å². The van der Waals surface area contributed by atoms with E-state index in [1.165, 1.54) is 12.1 Å². The minimum Gasteiger partial charge on any atom is -0.481 e. The molecule has 0 spiro atoms. The smallest absolute Gasteiger partial charge is 0.309 e. The summed E-state index contributed by atoms with van der Waals surface area (Å²) >= 11 is 0. The Morgan fingerprint density at radius 1 is 1.67 bits per heavy atom. The normalized spacial score (nSPS) is 9.83. The molecule has 0 radical (unpaired) electrons. The number of aromatic nitrogens is 1. The zero-order valence-electron chi connectivity index (χ0n) is 6.54. The van der Waals surface area contributed by atoms with Crippen LogP contribution < -0.4 is 0 Å². The highest BCUT2D eigenvalue weighted by Crippen LogP contribution is 2.05. The molecule has 1 rings (SSSR count). The molecule has 4 heteroatoms. The van der Waals surface area contributed by atoms with Gasteiger partial charge in [0, 0.05) is 5.69 Å². The van der Waals surface area contributed by atoms with Gasteiger partial charge in [-0.2, -0.15) is 0 Å². The van der Waals surface area contributed by atoms with Crippen molar-refractivity contribution in [1.82, 2.24) is 4.98 Å². The van der Waals surface area contributed by atoms with E-state index in [2.05, 4.69) is 4.98 Å². The summed E-state index contributed by atoms with van der Waals surface area (Å²) in [6.07, 6.45) is -0.368. The minimum absolute atomic E-state index is 0.0116. The predicted octanol–water partition coefficient (Wildman–Crippen LogP) is 1.16. The predicted molar refractivity (Wildman–Crippen MR) is 40.3 cm³/mol. The molecule has 1 aromatic rings. The monoisotopic (exact) mass is 169 g/mol. The molecule has 0 saturated heterocycles. The Morgan fingerprint density at radius 3 is 2.92 bits per heavy atom. The van der Waals surface area contributed by atoms with Crippen molar-refractivity contribution < 1.29 is 14.3 Å². The first-order valence-corrected chi connectivity index (χ1v) is 3.43. The number of hydrogen-bond acceptors (Lipinski definition) is 2. The zero-order chi connectivity index (χ0) is 9.14. The number of carboxylic acid groups (broad SMARTS) is 1. The lowest BCUT2D eigenvalue weighted by Crippen LogP contribution is -2.05. The summed E-state index contributed by atoms with van der Waals surface area (Å²) in [6.45, 7) is 1.69. The number of aryl methyl sites for hydroxylation is 1. The van der Waals surface area contributed by atoms with Gasteiger partial charge in [-0.15, -0.1) is 0 Å². The number of aliphatic carboxylic acids is 1. The van der Waals surface area contributed by atoms with E-state index in [-0.39, 0.29) is 12.1 Å². The number of carbonyl (C=O) groups is 1. The zero-order valence-corrected chi connectivity index (χ0v) is 6.54. The van der Waals surface area contributed by atoms with Crippen LogP contribution in [0, 0.1) is 12.7 Å². The van der Waals surface area contributed by atoms with E-state index in [0.717, 1.165) is 0 Å². The lowest BCUT2D eigenvalue weighted by Gasteiger charge is -1.99. The van der Waals surface area contributed by atoms with Crippen molar-refractivity contribution in [3.05, 3.63) is 29.3 Å². The van der Waals surface area contributed by atoms with Gasteiger partial charge in [0.05, 0.1) is 12.1 Å². The highest BCUT2D eigenvalue weighted by atomic mass is 19.1. The third-order valence-corrected chi connectivity index (χ3v) is 1.38. The van der Waals surface area contributed by atoms with E-state index in [4.69, 9.17) is 5.11 Å². The van der Waals surface area contributed by atoms with Crippen LogP contribution in [0.1, 0.15) is 11.4 Å². The molecular weight excluding hydrogens is 161 g/mol. The van der Waals surface area contributed by atoms with Gasteiger partial charge < -0.3 is 5.11 Å². The fourth-order valence-corrected chi connectivity index (χ4v) is 0.861. The van der Waals surface area contributed by atoms with Crippen molar-refractivity contribution in [3.8, 4) is 0 Å². The van der Waals surface area contributed by atoms with Gasteiger partial charge in [0.1, 0.15) is 5.82 Å². The number of pyridine rings is 1. The first-order valence-electron chi connectivity index (χ1n) is 3.43. The van der Waals surface area contributed by atoms with Gasteiger partial charge in [-0.1, -0.05) is 0 Å². The number of nitrogens with zero attached hydrogens (tertiary/aromatic N) is 1. The summed E-state index contributed by atoms with van der Waals surface area (Å²) in [5, 5.41) is 8.38. The molecule has 3 nitrogen and oxygen atoms in total. The molecule has 0 amide bonds. The molecule has 0 unspecified atom stereocenters. The van der Waals surface area contributed by atoms with E-state index in [1.54, 1.807) is 6.92 Å². The van der Waals surface area contributed by atoms with Crippen LogP contribution in [0.3, 0.4) is 0 Å². The fourth-order valence-electron chi connectivity index (χ4n) is 0.861. The minimum atomic E-state index is -1.08. The molecule has 0 atom stereocenters. The Balaban J connectivity index is 2.97. The Bertz CT molecular complexity index is 312. The van der Waals surface area contributed by atoms with Crippen LogP contribution in [-0.2, 0) is 11.2 Å². The maximum atomic E-state index is 12.8. The van der Waals surface area contributed by atoms with E-state index < -0.39 is 11.8 Å². The van der Waals surface area contributed by atoms with Crippen molar-refractivity contribution in [2.75, 3.05) is 0 Å². The number of halogens is 1. The molecule has 1 heterocycles. The van der Waals surface area contributed by atoms with Gasteiger partial charge in [0.25, 0.3) is 0 Å². The second kappa shape index (κ2) is 3.30. The van der Waals surface area contributed by atoms with E-state index in [0.29, 0.717) is 5.69 Å². The number of rotatable bonds is 2. The summed E-state index contributed by atoms with van der Waals surface area (Å²) in [4.78, 5) is 14.0. The molecule has 0 aliphatic rings. The van der Waals surface area contributed by atoms with Crippen LogP contribution in [0.15, 0.2) is 12.1 Å². The molecule has 0 saturated carbocycles. The Kier molecular flexibility index (Phi) is 2.38. The second-order valence-corrected chi connectivity index (χ2v) is 2.45. The van der Waals surface area contributed by atoms with Crippen molar-refractivity contribution in [3.63, 3.8) is 0 Å². The lowest BCUT2D eigenvalue weighted by atomic mass is 10.2. The molecule has 64 valence electrons. The van der Waals surface area contributed by atoms with Gasteiger partial charge in [0.15, 0.2) is 0 Å². The summed E-state index contributed by atoms with van der Waals surface area (Å²) in [5.41, 5.74) is 0.607. The standard InChI is InChI=1S/C8H8FNO2/c1-5-2-3-6(9)7(10-5)4-8(11)12/h2-3H,4H2,1H3,(H,11,12). The first-order chi connectivity index (χ1) is 5.59. The summed E-state index contributed by atoms with van der Waals surface area (Å²) < 4.78 is 12.8. The molecule has 0 bridgehead atoms. The Morgan fingerprint density at radius 2 is 2.33 bits per heavy atom. The first kappa shape index (κ1) is 8.64. The fraction of sp³-hybridized carbons (Fsp3) is 0.250. The van der Waals surface area contributed by atoms with Crippen molar-refractivity contribution in [2.45, 2.75) is 13.3 Å². The summed E-state index contributed by atoms with van der Waals surface area (Å²) in [6, 6.07) is 2.72. The third-order valence-electron chi connectivity index (χ3n) is 1.38. The second-order valence-electron chi connectivity index (χ2n) is 2.45.